The first-order valence-electron chi connectivity index (χ1n) is 10.3. The van der Waals surface area contributed by atoms with Gasteiger partial charge < -0.3 is 14.2 Å². The summed E-state index contributed by atoms with van der Waals surface area (Å²) in [4.78, 5) is 29.8. The van der Waals surface area contributed by atoms with Crippen molar-refractivity contribution in [3.63, 3.8) is 0 Å². The molecule has 0 saturated carbocycles. The Bertz CT molecular complexity index is 902. The summed E-state index contributed by atoms with van der Waals surface area (Å²) >= 11 is 0. The average molecular weight is 383 g/mol. The minimum atomic E-state index is 0.0142. The number of hydrogen-bond donors (Lipinski definition) is 0. The predicted molar refractivity (Wildman–Crippen MR) is 110 cm³/mol. The van der Waals surface area contributed by atoms with E-state index in [1.165, 1.54) is 6.42 Å². The van der Waals surface area contributed by atoms with E-state index in [4.69, 9.17) is 4.74 Å². The second-order valence-electron chi connectivity index (χ2n) is 8.01. The molecule has 0 N–H and O–H groups in total. The SMILES string of the molecule is Cc1cc(=O)c2ccccc2n1CC(=O)N1CCCC(CN2CCOCC2)C1. The first-order valence-corrected chi connectivity index (χ1v) is 10.3. The monoisotopic (exact) mass is 383 g/mol. The van der Waals surface area contributed by atoms with Crippen molar-refractivity contribution in [2.75, 3.05) is 45.9 Å². The van der Waals surface area contributed by atoms with Crippen molar-refractivity contribution in [2.45, 2.75) is 26.3 Å². The van der Waals surface area contributed by atoms with Gasteiger partial charge in [-0.15, -0.1) is 0 Å². The molecular formula is C22H29N3O3. The van der Waals surface area contributed by atoms with Crippen LogP contribution in [0.5, 0.6) is 0 Å². The molecular weight excluding hydrogens is 354 g/mol. The zero-order valence-electron chi connectivity index (χ0n) is 16.6. The van der Waals surface area contributed by atoms with Crippen molar-refractivity contribution in [3.05, 3.63) is 46.2 Å². The van der Waals surface area contributed by atoms with Gasteiger partial charge in [-0.25, -0.2) is 0 Å². The Morgan fingerprint density at radius 1 is 1.18 bits per heavy atom. The number of carbonyl (C=O) groups excluding carboxylic acids is 1. The number of amides is 1. The molecule has 2 aliphatic rings. The van der Waals surface area contributed by atoms with Crippen LogP contribution in [0, 0.1) is 12.8 Å². The Labute approximate surface area is 165 Å². The van der Waals surface area contributed by atoms with E-state index in [2.05, 4.69) is 4.90 Å². The highest BCUT2D eigenvalue weighted by Crippen LogP contribution is 2.20. The van der Waals surface area contributed by atoms with Crippen LogP contribution in [-0.4, -0.2) is 66.2 Å². The van der Waals surface area contributed by atoms with E-state index < -0.39 is 0 Å². The molecule has 6 nitrogen and oxygen atoms in total. The van der Waals surface area contributed by atoms with Gasteiger partial charge in [-0.05, 0) is 37.8 Å². The number of nitrogens with zero attached hydrogens (tertiary/aromatic N) is 3. The van der Waals surface area contributed by atoms with Crippen LogP contribution in [0.4, 0.5) is 0 Å². The Hall–Kier alpha value is -2.18. The fourth-order valence-electron chi connectivity index (χ4n) is 4.49. The van der Waals surface area contributed by atoms with E-state index in [1.807, 2.05) is 40.7 Å². The number of ether oxygens (including phenoxy) is 1. The third-order valence-electron chi connectivity index (χ3n) is 6.01. The van der Waals surface area contributed by atoms with Crippen LogP contribution < -0.4 is 5.43 Å². The number of likely N-dealkylation sites (tertiary alicyclic amines) is 1. The number of morpholine rings is 1. The Morgan fingerprint density at radius 2 is 1.96 bits per heavy atom. The second kappa shape index (κ2) is 8.45. The van der Waals surface area contributed by atoms with Crippen molar-refractivity contribution in [1.29, 1.82) is 0 Å². The third-order valence-corrected chi connectivity index (χ3v) is 6.01. The Morgan fingerprint density at radius 3 is 2.79 bits per heavy atom. The van der Waals surface area contributed by atoms with E-state index in [9.17, 15) is 9.59 Å². The lowest BCUT2D eigenvalue weighted by atomic mass is 9.97. The van der Waals surface area contributed by atoms with Crippen LogP contribution in [0.2, 0.25) is 0 Å². The predicted octanol–water partition coefficient (Wildman–Crippen LogP) is 1.88. The zero-order chi connectivity index (χ0) is 19.5. The van der Waals surface area contributed by atoms with Crippen LogP contribution in [0.15, 0.2) is 35.1 Å². The molecule has 2 aromatic rings. The minimum absolute atomic E-state index is 0.0142. The Balaban J connectivity index is 1.46. The molecule has 1 amide bonds. The molecule has 1 aromatic heterocycles. The molecule has 1 unspecified atom stereocenters. The van der Waals surface area contributed by atoms with E-state index in [-0.39, 0.29) is 17.9 Å². The standard InChI is InChI=1S/C22H29N3O3/c1-17-13-21(26)19-6-2-3-7-20(19)25(17)16-22(27)24-8-4-5-18(15-24)14-23-9-11-28-12-10-23/h2-3,6-7,13,18H,4-5,8-12,14-16H2,1H3. The quantitative estimate of drug-likeness (QED) is 0.809. The summed E-state index contributed by atoms with van der Waals surface area (Å²) < 4.78 is 7.41. The van der Waals surface area contributed by atoms with Crippen LogP contribution in [0.1, 0.15) is 18.5 Å². The molecule has 0 aliphatic carbocycles. The van der Waals surface area contributed by atoms with Gasteiger partial charge in [0.15, 0.2) is 5.43 Å². The highest BCUT2D eigenvalue weighted by atomic mass is 16.5. The van der Waals surface area contributed by atoms with E-state index >= 15 is 0 Å². The summed E-state index contributed by atoms with van der Waals surface area (Å²) in [5, 5.41) is 0.671. The molecule has 0 radical (unpaired) electrons. The van der Waals surface area contributed by atoms with Crippen LogP contribution in [0.25, 0.3) is 10.9 Å². The number of hydrogen-bond acceptors (Lipinski definition) is 4. The summed E-state index contributed by atoms with van der Waals surface area (Å²) in [6, 6.07) is 9.17. The van der Waals surface area contributed by atoms with E-state index in [0.29, 0.717) is 11.3 Å². The summed E-state index contributed by atoms with van der Waals surface area (Å²) in [7, 11) is 0. The molecule has 4 rings (SSSR count). The van der Waals surface area contributed by atoms with Gasteiger partial charge in [-0.3, -0.25) is 14.5 Å². The number of aryl methyl sites for hydroxylation is 1. The number of aromatic nitrogens is 1. The molecule has 6 heteroatoms. The molecule has 150 valence electrons. The van der Waals surface area contributed by atoms with Gasteiger partial charge in [0.25, 0.3) is 0 Å². The number of rotatable bonds is 4. The lowest BCUT2D eigenvalue weighted by Crippen LogP contribution is -2.47. The van der Waals surface area contributed by atoms with Gasteiger partial charge in [0.05, 0.1) is 18.7 Å². The number of benzene rings is 1. The van der Waals surface area contributed by atoms with Crippen LogP contribution >= 0.6 is 0 Å². The molecule has 2 saturated heterocycles. The molecule has 28 heavy (non-hydrogen) atoms. The normalized spacial score (nSPS) is 21.2. The lowest BCUT2D eigenvalue weighted by molar-refractivity contribution is -0.133. The van der Waals surface area contributed by atoms with Gasteiger partial charge in [0, 0.05) is 49.9 Å². The zero-order valence-corrected chi connectivity index (χ0v) is 16.6. The van der Waals surface area contributed by atoms with Crippen molar-refractivity contribution >= 4 is 16.8 Å². The van der Waals surface area contributed by atoms with Gasteiger partial charge in [0.1, 0.15) is 6.54 Å². The van der Waals surface area contributed by atoms with E-state index in [1.54, 1.807) is 6.07 Å². The molecule has 3 heterocycles. The number of pyridine rings is 1. The van der Waals surface area contributed by atoms with Crippen LogP contribution in [0.3, 0.4) is 0 Å². The fraction of sp³-hybridized carbons (Fsp3) is 0.545. The summed E-state index contributed by atoms with van der Waals surface area (Å²) in [6.45, 7) is 8.51. The van der Waals surface area contributed by atoms with Crippen molar-refractivity contribution in [3.8, 4) is 0 Å². The van der Waals surface area contributed by atoms with Crippen LogP contribution in [-0.2, 0) is 16.1 Å². The number of para-hydroxylation sites is 1. The largest absolute Gasteiger partial charge is 0.379 e. The highest BCUT2D eigenvalue weighted by Gasteiger charge is 2.26. The number of carbonyl (C=O) groups is 1. The van der Waals surface area contributed by atoms with Gasteiger partial charge in [-0.2, -0.15) is 0 Å². The van der Waals surface area contributed by atoms with Crippen molar-refractivity contribution in [2.24, 2.45) is 5.92 Å². The number of piperidine rings is 1. The van der Waals surface area contributed by atoms with Crippen molar-refractivity contribution < 1.29 is 9.53 Å². The van der Waals surface area contributed by atoms with Crippen molar-refractivity contribution in [1.82, 2.24) is 14.4 Å². The summed E-state index contributed by atoms with van der Waals surface area (Å²) in [5.41, 5.74) is 1.68. The maximum atomic E-state index is 13.1. The molecule has 1 aromatic carbocycles. The van der Waals surface area contributed by atoms with Gasteiger partial charge >= 0.3 is 0 Å². The molecule has 2 fully saturated rings. The minimum Gasteiger partial charge on any atom is -0.379 e. The Kier molecular flexibility index (Phi) is 5.78. The first-order chi connectivity index (χ1) is 13.6. The number of fused-ring (bicyclic) bond motifs is 1. The van der Waals surface area contributed by atoms with Gasteiger partial charge in [0.2, 0.25) is 5.91 Å². The lowest BCUT2D eigenvalue weighted by Gasteiger charge is -2.37. The topological polar surface area (TPSA) is 54.8 Å². The molecule has 1 atom stereocenters. The first kappa shape index (κ1) is 19.2. The maximum absolute atomic E-state index is 13.1. The summed E-state index contributed by atoms with van der Waals surface area (Å²) in [5.74, 6) is 0.672. The molecule has 0 bridgehead atoms. The fourth-order valence-corrected chi connectivity index (χ4v) is 4.49. The average Bonchev–Trinajstić information content (AvgIpc) is 2.72. The third kappa shape index (κ3) is 4.13. The highest BCUT2D eigenvalue weighted by molar-refractivity contribution is 5.82. The maximum Gasteiger partial charge on any atom is 0.242 e. The van der Waals surface area contributed by atoms with Gasteiger partial charge in [-0.1, -0.05) is 12.1 Å². The summed E-state index contributed by atoms with van der Waals surface area (Å²) in [6.07, 6.45) is 2.24. The molecule has 0 spiro atoms. The van der Waals surface area contributed by atoms with E-state index in [0.717, 1.165) is 63.6 Å². The second-order valence-corrected chi connectivity index (χ2v) is 8.01. The molecule has 2 aliphatic heterocycles. The smallest absolute Gasteiger partial charge is 0.242 e.